The lowest BCUT2D eigenvalue weighted by Crippen LogP contribution is -2.40. The number of anilines is 1. The van der Waals surface area contributed by atoms with Crippen molar-refractivity contribution in [1.82, 2.24) is 10.1 Å². The van der Waals surface area contributed by atoms with Gasteiger partial charge in [-0.1, -0.05) is 29.4 Å². The zero-order chi connectivity index (χ0) is 24.1. The third-order valence-electron chi connectivity index (χ3n) is 7.47. The van der Waals surface area contributed by atoms with Crippen molar-refractivity contribution in [2.24, 2.45) is 5.92 Å². The number of allylic oxidation sites excluding steroid dienone is 1. The minimum atomic E-state index is -0.188. The highest BCUT2D eigenvalue weighted by atomic mass is 19.1. The average molecular weight is 474 g/mol. The van der Waals surface area contributed by atoms with Crippen LogP contribution in [0.25, 0.3) is 16.7 Å². The topological polar surface area (TPSA) is 60.6 Å². The van der Waals surface area contributed by atoms with E-state index in [1.807, 2.05) is 38.3 Å². The molecule has 35 heavy (non-hydrogen) atoms. The highest BCUT2D eigenvalue weighted by molar-refractivity contribution is 5.93. The summed E-state index contributed by atoms with van der Waals surface area (Å²) in [4.78, 5) is 7.27. The van der Waals surface area contributed by atoms with Crippen LogP contribution in [0.3, 0.4) is 0 Å². The van der Waals surface area contributed by atoms with Gasteiger partial charge in [-0.2, -0.15) is 0 Å². The number of pyridine rings is 1. The molecule has 1 aromatic carbocycles. The van der Waals surface area contributed by atoms with E-state index in [4.69, 9.17) is 19.0 Å². The Bertz CT molecular complexity index is 1320. The van der Waals surface area contributed by atoms with Crippen LogP contribution in [0, 0.1) is 25.6 Å². The number of fused-ring (bicyclic) bond motifs is 3. The molecule has 0 saturated carbocycles. The van der Waals surface area contributed by atoms with Crippen molar-refractivity contribution in [1.29, 1.82) is 0 Å². The largest absolute Gasteiger partial charge is 0.496 e. The Labute approximate surface area is 204 Å². The summed E-state index contributed by atoms with van der Waals surface area (Å²) in [6, 6.07) is 9.02. The molecule has 4 heterocycles. The second-order valence-corrected chi connectivity index (χ2v) is 9.40. The second kappa shape index (κ2) is 8.64. The molecule has 180 valence electrons. The number of methoxy groups -OCH3 is 1. The number of benzene rings is 1. The van der Waals surface area contributed by atoms with Crippen LogP contribution in [-0.2, 0) is 9.47 Å². The molecule has 2 aliphatic heterocycles. The number of hydrogen-bond donors (Lipinski definition) is 0. The third kappa shape index (κ3) is 3.48. The lowest BCUT2D eigenvalue weighted by atomic mass is 9.85. The smallest absolute Gasteiger partial charge is 0.141 e. The molecule has 0 bridgehead atoms. The highest BCUT2D eigenvalue weighted by Crippen LogP contribution is 2.52. The fraction of sp³-hybridized carbons (Fsp3) is 0.357. The van der Waals surface area contributed by atoms with Gasteiger partial charge in [-0.25, -0.2) is 4.39 Å². The van der Waals surface area contributed by atoms with Gasteiger partial charge in [-0.15, -0.1) is 0 Å². The molecule has 1 fully saturated rings. The van der Waals surface area contributed by atoms with E-state index in [0.29, 0.717) is 18.8 Å². The standard InChI is InChI=1S/C28H28FN3O3/c1-16-25(17(2)35-31-16)19-14-23-27(30-15-19)26-22(8-9-24(26)33-3)32(23)28(18-10-12-34-13-11-18)20-6-4-5-7-21(20)29/h4-9,14-15,18,22,28H,10-13H2,1-3H3/t22?,28-/m0/s1. The summed E-state index contributed by atoms with van der Waals surface area (Å²) in [6.07, 6.45) is 7.75. The van der Waals surface area contributed by atoms with Gasteiger partial charge in [0.25, 0.3) is 0 Å². The molecule has 3 aliphatic rings. The van der Waals surface area contributed by atoms with Gasteiger partial charge in [-0.3, -0.25) is 4.98 Å². The van der Waals surface area contributed by atoms with Crippen LogP contribution in [0.5, 0.6) is 0 Å². The molecule has 0 amide bonds. The second-order valence-electron chi connectivity index (χ2n) is 9.40. The molecule has 1 saturated heterocycles. The average Bonchev–Trinajstić information content (AvgIpc) is 3.54. The molecule has 6 rings (SSSR count). The summed E-state index contributed by atoms with van der Waals surface area (Å²) < 4.78 is 32.2. The van der Waals surface area contributed by atoms with E-state index in [2.05, 4.69) is 22.2 Å². The number of ether oxygens (including phenoxy) is 2. The first-order valence-corrected chi connectivity index (χ1v) is 12.1. The van der Waals surface area contributed by atoms with Crippen molar-refractivity contribution in [2.45, 2.75) is 38.8 Å². The molecular weight excluding hydrogens is 445 g/mol. The highest BCUT2D eigenvalue weighted by Gasteiger charge is 2.45. The zero-order valence-electron chi connectivity index (χ0n) is 20.1. The van der Waals surface area contributed by atoms with Gasteiger partial charge in [-0.05, 0) is 50.8 Å². The molecule has 2 aromatic heterocycles. The van der Waals surface area contributed by atoms with Crippen LogP contribution in [-0.4, -0.2) is 36.5 Å². The number of aryl methyl sites for hydroxylation is 2. The van der Waals surface area contributed by atoms with Crippen LogP contribution in [0.15, 0.2) is 59.0 Å². The van der Waals surface area contributed by atoms with E-state index in [-0.39, 0.29) is 23.8 Å². The first-order chi connectivity index (χ1) is 17.1. The maximum Gasteiger partial charge on any atom is 0.141 e. The van der Waals surface area contributed by atoms with Crippen LogP contribution >= 0.6 is 0 Å². The molecule has 0 radical (unpaired) electrons. The Balaban J connectivity index is 1.57. The van der Waals surface area contributed by atoms with E-state index < -0.39 is 0 Å². The fourth-order valence-corrected chi connectivity index (χ4v) is 5.92. The number of aromatic nitrogens is 2. The van der Waals surface area contributed by atoms with Crippen molar-refractivity contribution < 1.29 is 18.4 Å². The first kappa shape index (κ1) is 22.0. The number of halogens is 1. The van der Waals surface area contributed by atoms with E-state index in [1.54, 1.807) is 19.2 Å². The van der Waals surface area contributed by atoms with Gasteiger partial charge in [0.1, 0.15) is 17.3 Å². The van der Waals surface area contributed by atoms with Gasteiger partial charge in [0, 0.05) is 41.7 Å². The Kier molecular flexibility index (Phi) is 5.44. The molecule has 3 aromatic rings. The van der Waals surface area contributed by atoms with Crippen LogP contribution in [0.2, 0.25) is 0 Å². The molecule has 6 nitrogen and oxygen atoms in total. The Morgan fingerprint density at radius 1 is 1.17 bits per heavy atom. The number of nitrogens with zero attached hydrogens (tertiary/aromatic N) is 3. The van der Waals surface area contributed by atoms with Crippen molar-refractivity contribution in [3.8, 4) is 11.1 Å². The van der Waals surface area contributed by atoms with E-state index in [1.165, 1.54) is 0 Å². The first-order valence-electron chi connectivity index (χ1n) is 12.1. The van der Waals surface area contributed by atoms with E-state index in [9.17, 15) is 0 Å². The third-order valence-corrected chi connectivity index (χ3v) is 7.47. The Hall–Kier alpha value is -3.45. The molecule has 0 spiro atoms. The fourth-order valence-electron chi connectivity index (χ4n) is 5.92. The minimum Gasteiger partial charge on any atom is -0.496 e. The van der Waals surface area contributed by atoms with Crippen LogP contribution in [0.1, 0.15) is 41.6 Å². The number of rotatable bonds is 5. The summed E-state index contributed by atoms with van der Waals surface area (Å²) in [6.45, 7) is 5.21. The van der Waals surface area contributed by atoms with Gasteiger partial charge in [0.05, 0.1) is 36.3 Å². The van der Waals surface area contributed by atoms with Crippen molar-refractivity contribution in [2.75, 3.05) is 25.2 Å². The summed E-state index contributed by atoms with van der Waals surface area (Å²) in [5, 5.41) is 4.14. The molecule has 1 unspecified atom stereocenters. The molecule has 7 heteroatoms. The van der Waals surface area contributed by atoms with Crippen LogP contribution in [0.4, 0.5) is 10.1 Å². The minimum absolute atomic E-state index is 0.0835. The lowest BCUT2D eigenvalue weighted by molar-refractivity contribution is 0.0568. The van der Waals surface area contributed by atoms with Crippen molar-refractivity contribution in [3.05, 3.63) is 83.0 Å². The van der Waals surface area contributed by atoms with E-state index >= 15 is 4.39 Å². The Morgan fingerprint density at radius 3 is 2.69 bits per heavy atom. The summed E-state index contributed by atoms with van der Waals surface area (Å²) in [5.74, 6) is 1.60. The lowest BCUT2D eigenvalue weighted by Gasteiger charge is -2.41. The van der Waals surface area contributed by atoms with Gasteiger partial charge in [0.15, 0.2) is 0 Å². The molecule has 1 aliphatic carbocycles. The summed E-state index contributed by atoms with van der Waals surface area (Å²) >= 11 is 0. The summed E-state index contributed by atoms with van der Waals surface area (Å²) in [7, 11) is 1.68. The SMILES string of the molecule is COC1=C2c3ncc(-c4c(C)noc4C)cc3N([C@H](c3ccccc3F)C3CCOCC3)C2C=C1. The zero-order valence-corrected chi connectivity index (χ0v) is 20.1. The summed E-state index contributed by atoms with van der Waals surface area (Å²) in [5.41, 5.74) is 6.28. The number of hydrogen-bond acceptors (Lipinski definition) is 6. The van der Waals surface area contributed by atoms with Crippen LogP contribution < -0.4 is 4.90 Å². The maximum atomic E-state index is 15.4. The molecule has 2 atom stereocenters. The monoisotopic (exact) mass is 473 g/mol. The Morgan fingerprint density at radius 2 is 1.97 bits per heavy atom. The van der Waals surface area contributed by atoms with Crippen molar-refractivity contribution in [3.63, 3.8) is 0 Å². The predicted molar refractivity (Wildman–Crippen MR) is 131 cm³/mol. The molecular formula is C28H28FN3O3. The van der Waals surface area contributed by atoms with E-state index in [0.717, 1.165) is 58.1 Å². The van der Waals surface area contributed by atoms with Gasteiger partial charge in [0.2, 0.25) is 0 Å². The van der Waals surface area contributed by atoms with Gasteiger partial charge < -0.3 is 18.9 Å². The van der Waals surface area contributed by atoms with Gasteiger partial charge >= 0.3 is 0 Å². The quantitative estimate of drug-likeness (QED) is 0.468. The normalized spacial score (nSPS) is 20.3. The maximum absolute atomic E-state index is 15.4. The van der Waals surface area contributed by atoms with Crippen molar-refractivity contribution >= 4 is 11.3 Å². The predicted octanol–water partition coefficient (Wildman–Crippen LogP) is 5.78. The molecule has 0 N–H and O–H groups in total.